The van der Waals surface area contributed by atoms with Gasteiger partial charge in [-0.1, -0.05) is 0 Å². The van der Waals surface area contributed by atoms with E-state index in [2.05, 4.69) is 0 Å². The van der Waals surface area contributed by atoms with Crippen LogP contribution >= 0.6 is 0 Å². The molecule has 1 aliphatic heterocycles. The summed E-state index contributed by atoms with van der Waals surface area (Å²) >= 11 is 0. The van der Waals surface area contributed by atoms with E-state index in [1.807, 2.05) is 6.07 Å². The van der Waals surface area contributed by atoms with E-state index in [1.54, 1.807) is 0 Å². The monoisotopic (exact) mass is 262 g/mol. The normalized spacial score (nSPS) is 21.9. The van der Waals surface area contributed by atoms with E-state index in [0.717, 1.165) is 0 Å². The van der Waals surface area contributed by atoms with Gasteiger partial charge in [0, 0.05) is 13.0 Å². The number of carboxylic acids is 1. The third-order valence-corrected chi connectivity index (χ3v) is 4.28. The third kappa shape index (κ3) is 4.30. The van der Waals surface area contributed by atoms with Crippen molar-refractivity contribution in [2.75, 3.05) is 25.4 Å². The third-order valence-electron chi connectivity index (χ3n) is 2.36. The largest absolute Gasteiger partial charge is 0.481 e. The number of aliphatic carboxylic acids is 1. The topological polar surface area (TPSA) is 108 Å². The van der Waals surface area contributed by atoms with E-state index >= 15 is 0 Å². The van der Waals surface area contributed by atoms with Crippen LogP contribution in [0.2, 0.25) is 0 Å². The van der Waals surface area contributed by atoms with Crippen LogP contribution in [0.4, 0.5) is 0 Å². The number of nitrogens with zero attached hydrogens (tertiary/aromatic N) is 2. The highest BCUT2D eigenvalue weighted by molar-refractivity contribution is 7.89. The van der Waals surface area contributed by atoms with Crippen molar-refractivity contribution in [2.24, 2.45) is 0 Å². The lowest BCUT2D eigenvalue weighted by Crippen LogP contribution is -2.45. The lowest BCUT2D eigenvalue weighted by atomic mass is 10.3. The number of sulfonamides is 1. The molecule has 1 rings (SSSR count). The molecular weight excluding hydrogens is 248 g/mol. The molecule has 1 N–H and O–H groups in total. The second-order valence-electron chi connectivity index (χ2n) is 3.66. The molecule has 1 heterocycles. The van der Waals surface area contributed by atoms with Gasteiger partial charge >= 0.3 is 5.97 Å². The quantitative estimate of drug-likeness (QED) is 0.709. The van der Waals surface area contributed by atoms with Gasteiger partial charge in [-0.25, -0.2) is 8.42 Å². The summed E-state index contributed by atoms with van der Waals surface area (Å²) in [6, 6.07) is 1.86. The summed E-state index contributed by atoms with van der Waals surface area (Å²) in [7, 11) is -3.48. The first kappa shape index (κ1) is 13.9. The molecule has 7 nitrogen and oxygen atoms in total. The lowest BCUT2D eigenvalue weighted by Gasteiger charge is -2.28. The predicted molar refractivity (Wildman–Crippen MR) is 57.6 cm³/mol. The second-order valence-corrected chi connectivity index (χ2v) is 5.75. The number of morpholine rings is 1. The van der Waals surface area contributed by atoms with Gasteiger partial charge in [-0.05, 0) is 6.42 Å². The van der Waals surface area contributed by atoms with Crippen LogP contribution in [0.3, 0.4) is 0 Å². The van der Waals surface area contributed by atoms with Crippen molar-refractivity contribution in [1.29, 1.82) is 5.26 Å². The zero-order chi connectivity index (χ0) is 12.9. The van der Waals surface area contributed by atoms with Crippen LogP contribution in [-0.2, 0) is 19.6 Å². The van der Waals surface area contributed by atoms with Gasteiger partial charge in [-0.2, -0.15) is 9.57 Å². The van der Waals surface area contributed by atoms with Crippen LogP contribution in [0.1, 0.15) is 12.8 Å². The molecule has 0 bridgehead atoms. The lowest BCUT2D eigenvalue weighted by molar-refractivity contribution is -0.137. The van der Waals surface area contributed by atoms with Gasteiger partial charge in [0.05, 0.1) is 25.0 Å². The molecule has 0 spiro atoms. The second kappa shape index (κ2) is 5.95. The molecule has 17 heavy (non-hydrogen) atoms. The molecule has 96 valence electrons. The van der Waals surface area contributed by atoms with Gasteiger partial charge in [0.1, 0.15) is 0 Å². The van der Waals surface area contributed by atoms with E-state index in [9.17, 15) is 13.2 Å². The molecule has 0 aromatic rings. The fraction of sp³-hybridized carbons (Fsp3) is 0.778. The smallest absolute Gasteiger partial charge is 0.303 e. The Kier molecular flexibility index (Phi) is 4.86. The first-order chi connectivity index (χ1) is 7.95. The maximum Gasteiger partial charge on any atom is 0.303 e. The van der Waals surface area contributed by atoms with E-state index in [0.29, 0.717) is 0 Å². The van der Waals surface area contributed by atoms with Crippen molar-refractivity contribution in [1.82, 2.24) is 4.31 Å². The summed E-state index contributed by atoms with van der Waals surface area (Å²) in [5.41, 5.74) is 0. The van der Waals surface area contributed by atoms with Gasteiger partial charge < -0.3 is 9.84 Å². The zero-order valence-corrected chi connectivity index (χ0v) is 10.0. The Labute approximate surface area is 99.6 Å². The van der Waals surface area contributed by atoms with E-state index in [4.69, 9.17) is 15.1 Å². The highest BCUT2D eigenvalue weighted by Crippen LogP contribution is 2.11. The summed E-state index contributed by atoms with van der Waals surface area (Å²) in [5.74, 6) is -1.23. The van der Waals surface area contributed by atoms with E-state index in [1.165, 1.54) is 4.31 Å². The molecule has 0 aromatic heterocycles. The van der Waals surface area contributed by atoms with Crippen LogP contribution in [0.15, 0.2) is 0 Å². The Balaban J connectivity index is 2.52. The van der Waals surface area contributed by atoms with Crippen molar-refractivity contribution in [3.8, 4) is 6.07 Å². The molecule has 8 heteroatoms. The number of nitriles is 1. The summed E-state index contributed by atoms with van der Waals surface area (Å²) in [5, 5.41) is 17.1. The Hall–Kier alpha value is -1.17. The number of ether oxygens (including phenoxy) is 1. The molecule has 1 fully saturated rings. The van der Waals surface area contributed by atoms with Gasteiger partial charge in [-0.3, -0.25) is 4.79 Å². The molecule has 1 saturated heterocycles. The fourth-order valence-electron chi connectivity index (χ4n) is 1.49. The fourth-order valence-corrected chi connectivity index (χ4v) is 2.97. The Morgan fingerprint density at radius 1 is 1.59 bits per heavy atom. The number of rotatable bonds is 5. The SMILES string of the molecule is N#CC1CN(S(=O)(=O)CCCC(=O)O)CCO1. The van der Waals surface area contributed by atoms with Crippen LogP contribution in [-0.4, -0.2) is 55.4 Å². The maximum absolute atomic E-state index is 11.8. The number of carbonyl (C=O) groups is 1. The van der Waals surface area contributed by atoms with Crippen LogP contribution in [0, 0.1) is 11.3 Å². The van der Waals surface area contributed by atoms with Crippen LogP contribution in [0.25, 0.3) is 0 Å². The Morgan fingerprint density at radius 2 is 2.29 bits per heavy atom. The highest BCUT2D eigenvalue weighted by atomic mass is 32.2. The molecule has 1 unspecified atom stereocenters. The minimum absolute atomic E-state index is 0.0197. The average Bonchev–Trinajstić information content (AvgIpc) is 2.28. The molecule has 1 atom stereocenters. The average molecular weight is 262 g/mol. The zero-order valence-electron chi connectivity index (χ0n) is 9.20. The minimum Gasteiger partial charge on any atom is -0.481 e. The van der Waals surface area contributed by atoms with Crippen LogP contribution < -0.4 is 0 Å². The molecule has 0 radical (unpaired) electrons. The summed E-state index contributed by atoms with van der Waals surface area (Å²) in [4.78, 5) is 10.3. The van der Waals surface area contributed by atoms with Gasteiger partial charge in [0.25, 0.3) is 0 Å². The van der Waals surface area contributed by atoms with Gasteiger partial charge in [-0.15, -0.1) is 0 Å². The molecule has 1 aliphatic rings. The van der Waals surface area contributed by atoms with Crippen molar-refractivity contribution in [3.63, 3.8) is 0 Å². The van der Waals surface area contributed by atoms with Crippen molar-refractivity contribution in [2.45, 2.75) is 18.9 Å². The minimum atomic E-state index is -3.48. The van der Waals surface area contributed by atoms with Crippen LogP contribution in [0.5, 0.6) is 0 Å². The number of hydrogen-bond donors (Lipinski definition) is 1. The van der Waals surface area contributed by atoms with Crippen molar-refractivity contribution >= 4 is 16.0 Å². The summed E-state index contributed by atoms with van der Waals surface area (Å²) in [6.07, 6.45) is -0.838. The molecule has 0 aliphatic carbocycles. The van der Waals surface area contributed by atoms with E-state index < -0.39 is 22.1 Å². The predicted octanol–water partition coefficient (Wildman–Crippen LogP) is -0.595. The molecular formula is C9H14N2O5S. The summed E-state index contributed by atoms with van der Waals surface area (Å²) < 4.78 is 29.8. The maximum atomic E-state index is 11.8. The molecule has 0 saturated carbocycles. The first-order valence-electron chi connectivity index (χ1n) is 5.16. The van der Waals surface area contributed by atoms with Gasteiger partial charge in [0.15, 0.2) is 6.10 Å². The first-order valence-corrected chi connectivity index (χ1v) is 6.77. The van der Waals surface area contributed by atoms with E-state index in [-0.39, 0.29) is 38.3 Å². The Bertz CT molecular complexity index is 414. The summed E-state index contributed by atoms with van der Waals surface area (Å²) in [6.45, 7) is 0.426. The number of hydrogen-bond acceptors (Lipinski definition) is 5. The molecule has 0 amide bonds. The number of carboxylic acid groups (broad SMARTS) is 1. The van der Waals surface area contributed by atoms with Crippen molar-refractivity contribution in [3.05, 3.63) is 0 Å². The van der Waals surface area contributed by atoms with Gasteiger partial charge in [0.2, 0.25) is 10.0 Å². The molecule has 0 aromatic carbocycles. The highest BCUT2D eigenvalue weighted by Gasteiger charge is 2.29. The van der Waals surface area contributed by atoms with Crippen molar-refractivity contribution < 1.29 is 23.1 Å². The standard InChI is InChI=1S/C9H14N2O5S/c10-6-8-7-11(3-4-16-8)17(14,15)5-1-2-9(12)13/h8H,1-5,7H2,(H,12,13). The Morgan fingerprint density at radius 3 is 2.88 bits per heavy atom.